The fourth-order valence-corrected chi connectivity index (χ4v) is 2.39. The van der Waals surface area contributed by atoms with E-state index in [-0.39, 0.29) is 5.92 Å². The third kappa shape index (κ3) is 2.25. The highest BCUT2D eigenvalue weighted by atomic mass is 79.9. The van der Waals surface area contributed by atoms with Crippen molar-refractivity contribution >= 4 is 21.7 Å². The van der Waals surface area contributed by atoms with Crippen molar-refractivity contribution < 1.29 is 0 Å². The number of hydrogen-bond acceptors (Lipinski definition) is 4. The maximum absolute atomic E-state index is 5.93. The Bertz CT molecular complexity index is 562. The van der Waals surface area contributed by atoms with E-state index in [1.165, 1.54) is 0 Å². The fraction of sp³-hybridized carbons (Fsp3) is 0.417. The Labute approximate surface area is 115 Å². The normalized spacial score (nSPS) is 11.2. The molecule has 2 aromatic heterocycles. The van der Waals surface area contributed by atoms with Crippen molar-refractivity contribution in [2.24, 2.45) is 0 Å². The molecule has 0 atom stereocenters. The summed E-state index contributed by atoms with van der Waals surface area (Å²) in [6, 6.07) is 1.90. The van der Waals surface area contributed by atoms with Gasteiger partial charge in [-0.15, -0.1) is 0 Å². The lowest BCUT2D eigenvalue weighted by Crippen LogP contribution is -2.07. The van der Waals surface area contributed by atoms with Crippen molar-refractivity contribution in [3.63, 3.8) is 0 Å². The SMILES string of the molecule is CCn1nccc1-c1nc(N)c(Br)c(C(C)C)n1. The Balaban J connectivity index is 2.59. The van der Waals surface area contributed by atoms with Gasteiger partial charge in [0.15, 0.2) is 5.82 Å². The molecule has 2 N–H and O–H groups in total. The van der Waals surface area contributed by atoms with Gasteiger partial charge in [0, 0.05) is 12.7 Å². The number of nitrogens with two attached hydrogens (primary N) is 1. The number of anilines is 1. The van der Waals surface area contributed by atoms with E-state index in [1.54, 1.807) is 6.20 Å². The number of rotatable bonds is 3. The monoisotopic (exact) mass is 309 g/mol. The maximum atomic E-state index is 5.93. The first-order valence-electron chi connectivity index (χ1n) is 5.89. The number of aromatic nitrogens is 4. The van der Waals surface area contributed by atoms with E-state index in [0.717, 1.165) is 22.4 Å². The lowest BCUT2D eigenvalue weighted by Gasteiger charge is -2.12. The second-order valence-electron chi connectivity index (χ2n) is 4.32. The van der Waals surface area contributed by atoms with Crippen LogP contribution in [0.3, 0.4) is 0 Å². The minimum Gasteiger partial charge on any atom is -0.383 e. The predicted molar refractivity (Wildman–Crippen MR) is 75.1 cm³/mol. The Morgan fingerprint density at radius 2 is 2.11 bits per heavy atom. The molecule has 96 valence electrons. The van der Waals surface area contributed by atoms with Crippen molar-refractivity contribution in [1.29, 1.82) is 0 Å². The predicted octanol–water partition coefficient (Wildman–Crippen LogP) is 2.83. The summed E-state index contributed by atoms with van der Waals surface area (Å²) in [5.74, 6) is 1.37. The summed E-state index contributed by atoms with van der Waals surface area (Å²) in [7, 11) is 0. The van der Waals surface area contributed by atoms with Crippen molar-refractivity contribution in [2.45, 2.75) is 33.2 Å². The molecule has 2 aromatic rings. The zero-order valence-electron chi connectivity index (χ0n) is 10.7. The maximum Gasteiger partial charge on any atom is 0.180 e. The lowest BCUT2D eigenvalue weighted by molar-refractivity contribution is 0.662. The Kier molecular flexibility index (Phi) is 3.65. The fourth-order valence-electron chi connectivity index (χ4n) is 1.75. The molecule has 0 fully saturated rings. The van der Waals surface area contributed by atoms with Gasteiger partial charge < -0.3 is 5.73 Å². The summed E-state index contributed by atoms with van der Waals surface area (Å²) in [5.41, 5.74) is 7.73. The molecule has 0 radical (unpaired) electrons. The van der Waals surface area contributed by atoms with Gasteiger partial charge in [-0.3, -0.25) is 4.68 Å². The van der Waals surface area contributed by atoms with Gasteiger partial charge in [-0.2, -0.15) is 5.10 Å². The Morgan fingerprint density at radius 3 is 2.72 bits per heavy atom. The van der Waals surface area contributed by atoms with Gasteiger partial charge in [-0.1, -0.05) is 13.8 Å². The molecule has 0 unspecified atom stereocenters. The topological polar surface area (TPSA) is 69.6 Å². The zero-order chi connectivity index (χ0) is 13.3. The van der Waals surface area contributed by atoms with Crippen LogP contribution in [0, 0.1) is 0 Å². The first-order valence-corrected chi connectivity index (χ1v) is 6.69. The van der Waals surface area contributed by atoms with Crippen LogP contribution < -0.4 is 5.73 Å². The molecular formula is C12H16BrN5. The standard InChI is InChI=1S/C12H16BrN5/c1-4-18-8(5-6-15-18)12-16-10(7(2)3)9(13)11(14)17-12/h5-7H,4H2,1-3H3,(H2,14,16,17). The molecule has 2 rings (SSSR count). The van der Waals surface area contributed by atoms with Crippen LogP contribution in [-0.4, -0.2) is 19.7 Å². The largest absolute Gasteiger partial charge is 0.383 e. The first kappa shape index (κ1) is 13.0. The van der Waals surface area contributed by atoms with E-state index < -0.39 is 0 Å². The van der Waals surface area contributed by atoms with Crippen LogP contribution in [-0.2, 0) is 6.54 Å². The molecule has 0 aliphatic rings. The van der Waals surface area contributed by atoms with E-state index in [1.807, 2.05) is 17.7 Å². The third-order valence-corrected chi connectivity index (χ3v) is 3.51. The van der Waals surface area contributed by atoms with Gasteiger partial charge in [0.2, 0.25) is 0 Å². The molecule has 0 saturated heterocycles. The number of nitrogen functional groups attached to an aromatic ring is 1. The number of nitrogens with zero attached hydrogens (tertiary/aromatic N) is 4. The molecule has 0 amide bonds. The second-order valence-corrected chi connectivity index (χ2v) is 5.11. The van der Waals surface area contributed by atoms with E-state index in [9.17, 15) is 0 Å². The highest BCUT2D eigenvalue weighted by Gasteiger charge is 2.16. The van der Waals surface area contributed by atoms with Crippen molar-refractivity contribution in [1.82, 2.24) is 19.7 Å². The molecule has 5 nitrogen and oxygen atoms in total. The molecule has 0 saturated carbocycles. The molecular weight excluding hydrogens is 294 g/mol. The Morgan fingerprint density at radius 1 is 1.39 bits per heavy atom. The van der Waals surface area contributed by atoms with Crippen LogP contribution in [0.4, 0.5) is 5.82 Å². The molecule has 18 heavy (non-hydrogen) atoms. The average Bonchev–Trinajstić information content (AvgIpc) is 2.80. The molecule has 0 aromatic carbocycles. The molecule has 0 aliphatic carbocycles. The summed E-state index contributed by atoms with van der Waals surface area (Å²) in [5, 5.41) is 4.22. The quantitative estimate of drug-likeness (QED) is 0.946. The smallest absolute Gasteiger partial charge is 0.180 e. The number of aryl methyl sites for hydroxylation is 1. The van der Waals surface area contributed by atoms with Crippen LogP contribution in [0.15, 0.2) is 16.7 Å². The highest BCUT2D eigenvalue weighted by Crippen LogP contribution is 2.29. The molecule has 6 heteroatoms. The summed E-state index contributed by atoms with van der Waals surface area (Å²) in [6.45, 7) is 6.96. The molecule has 0 aliphatic heterocycles. The van der Waals surface area contributed by atoms with Crippen LogP contribution in [0.5, 0.6) is 0 Å². The van der Waals surface area contributed by atoms with E-state index >= 15 is 0 Å². The summed E-state index contributed by atoms with van der Waals surface area (Å²) >= 11 is 3.44. The van der Waals surface area contributed by atoms with Gasteiger partial charge in [0.25, 0.3) is 0 Å². The summed E-state index contributed by atoms with van der Waals surface area (Å²) < 4.78 is 2.64. The van der Waals surface area contributed by atoms with Crippen LogP contribution in [0.1, 0.15) is 32.4 Å². The summed E-state index contributed by atoms with van der Waals surface area (Å²) in [6.07, 6.45) is 1.75. The van der Waals surface area contributed by atoms with Gasteiger partial charge >= 0.3 is 0 Å². The first-order chi connectivity index (χ1) is 8.54. The van der Waals surface area contributed by atoms with E-state index in [0.29, 0.717) is 11.6 Å². The summed E-state index contributed by atoms with van der Waals surface area (Å²) in [4.78, 5) is 8.91. The van der Waals surface area contributed by atoms with Crippen LogP contribution in [0.2, 0.25) is 0 Å². The van der Waals surface area contributed by atoms with Crippen molar-refractivity contribution in [3.05, 3.63) is 22.4 Å². The minimum absolute atomic E-state index is 0.279. The van der Waals surface area contributed by atoms with Gasteiger partial charge in [-0.05, 0) is 34.8 Å². The zero-order valence-corrected chi connectivity index (χ0v) is 12.3. The van der Waals surface area contributed by atoms with Crippen LogP contribution >= 0.6 is 15.9 Å². The second kappa shape index (κ2) is 5.06. The van der Waals surface area contributed by atoms with Crippen molar-refractivity contribution in [2.75, 3.05) is 5.73 Å². The number of halogens is 1. The molecule has 0 spiro atoms. The van der Waals surface area contributed by atoms with Gasteiger partial charge in [0.05, 0.1) is 10.2 Å². The lowest BCUT2D eigenvalue weighted by atomic mass is 10.1. The van der Waals surface area contributed by atoms with Crippen molar-refractivity contribution in [3.8, 4) is 11.5 Å². The van der Waals surface area contributed by atoms with E-state index in [4.69, 9.17) is 5.73 Å². The van der Waals surface area contributed by atoms with E-state index in [2.05, 4.69) is 44.8 Å². The molecule has 0 bridgehead atoms. The third-order valence-electron chi connectivity index (χ3n) is 2.69. The minimum atomic E-state index is 0.279. The van der Waals surface area contributed by atoms with Gasteiger partial charge in [0.1, 0.15) is 11.5 Å². The van der Waals surface area contributed by atoms with Crippen LogP contribution in [0.25, 0.3) is 11.5 Å². The average molecular weight is 310 g/mol. The Hall–Kier alpha value is -1.43. The number of hydrogen-bond donors (Lipinski definition) is 1. The molecule has 2 heterocycles. The van der Waals surface area contributed by atoms with Gasteiger partial charge in [-0.25, -0.2) is 9.97 Å². The highest BCUT2D eigenvalue weighted by molar-refractivity contribution is 9.10.